The highest BCUT2D eigenvalue weighted by atomic mass is 79.9. The molecule has 0 aromatic carbocycles. The van der Waals surface area contributed by atoms with Crippen LogP contribution in [-0.4, -0.2) is 4.57 Å². The first-order valence-electron chi connectivity index (χ1n) is 3.83. The van der Waals surface area contributed by atoms with E-state index in [0.29, 0.717) is 10.0 Å². The lowest BCUT2D eigenvalue weighted by Crippen LogP contribution is -2.13. The van der Waals surface area contributed by atoms with Crippen LogP contribution in [0.15, 0.2) is 21.7 Å². The second-order valence-electron chi connectivity index (χ2n) is 2.87. The summed E-state index contributed by atoms with van der Waals surface area (Å²) >= 11 is 3.15. The van der Waals surface area contributed by atoms with Gasteiger partial charge in [0.15, 0.2) is 5.43 Å². The Hall–Kier alpha value is -1.08. The first-order chi connectivity index (χ1) is 6.06. The lowest BCUT2D eigenvalue weighted by Gasteiger charge is -2.09. The molecule has 0 fully saturated rings. The number of pyridine rings is 1. The topological polar surface area (TPSA) is 45.8 Å². The van der Waals surface area contributed by atoms with E-state index in [-0.39, 0.29) is 11.5 Å². The van der Waals surface area contributed by atoms with Crippen LogP contribution in [-0.2, 0) is 0 Å². The van der Waals surface area contributed by atoms with Crippen LogP contribution in [0.5, 0.6) is 0 Å². The SMILES string of the molecule is Cc1cn(C(C)C#N)cc(Br)c1=O. The van der Waals surface area contributed by atoms with Crippen LogP contribution >= 0.6 is 15.9 Å². The molecule has 0 radical (unpaired) electrons. The second kappa shape index (κ2) is 3.75. The zero-order valence-electron chi connectivity index (χ0n) is 7.41. The summed E-state index contributed by atoms with van der Waals surface area (Å²) in [5.74, 6) is 0. The minimum Gasteiger partial charge on any atom is -0.337 e. The molecule has 0 spiro atoms. The smallest absolute Gasteiger partial charge is 0.198 e. The molecule has 3 nitrogen and oxygen atoms in total. The summed E-state index contributed by atoms with van der Waals surface area (Å²) in [6.45, 7) is 3.50. The van der Waals surface area contributed by atoms with Crippen molar-refractivity contribution in [2.45, 2.75) is 19.9 Å². The third-order valence-corrected chi connectivity index (χ3v) is 2.38. The van der Waals surface area contributed by atoms with Crippen molar-refractivity contribution in [3.05, 3.63) is 32.7 Å². The molecule has 13 heavy (non-hydrogen) atoms. The summed E-state index contributed by atoms with van der Waals surface area (Å²) in [5.41, 5.74) is 0.609. The Morgan fingerprint density at radius 3 is 2.69 bits per heavy atom. The number of halogens is 1. The number of aryl methyl sites for hydroxylation is 1. The first kappa shape index (κ1) is 10.0. The van der Waals surface area contributed by atoms with Gasteiger partial charge in [0.05, 0.1) is 10.5 Å². The van der Waals surface area contributed by atoms with Gasteiger partial charge in [-0.1, -0.05) is 0 Å². The van der Waals surface area contributed by atoms with Crippen molar-refractivity contribution in [2.24, 2.45) is 0 Å². The van der Waals surface area contributed by atoms with Crippen LogP contribution in [0.3, 0.4) is 0 Å². The second-order valence-corrected chi connectivity index (χ2v) is 3.72. The molecule has 68 valence electrons. The molecule has 1 rings (SSSR count). The Balaban J connectivity index is 3.30. The van der Waals surface area contributed by atoms with Gasteiger partial charge < -0.3 is 4.57 Å². The van der Waals surface area contributed by atoms with Gasteiger partial charge in [-0.05, 0) is 29.8 Å². The van der Waals surface area contributed by atoms with E-state index < -0.39 is 0 Å². The molecule has 4 heteroatoms. The van der Waals surface area contributed by atoms with Crippen molar-refractivity contribution < 1.29 is 0 Å². The molecule has 0 saturated heterocycles. The lowest BCUT2D eigenvalue weighted by molar-refractivity contribution is 0.661. The standard InChI is InChI=1S/C9H9BrN2O/c1-6-4-12(7(2)3-11)5-8(10)9(6)13/h4-5,7H,1-2H3. The number of nitriles is 1. The number of hydrogen-bond donors (Lipinski definition) is 0. The van der Waals surface area contributed by atoms with Crippen molar-refractivity contribution >= 4 is 15.9 Å². The molecule has 0 aliphatic carbocycles. The van der Waals surface area contributed by atoms with Crippen LogP contribution in [0.25, 0.3) is 0 Å². The van der Waals surface area contributed by atoms with Crippen molar-refractivity contribution in [1.29, 1.82) is 5.26 Å². The Bertz CT molecular complexity index is 390. The Morgan fingerprint density at radius 2 is 2.23 bits per heavy atom. The molecule has 1 unspecified atom stereocenters. The normalized spacial score (nSPS) is 12.2. The fourth-order valence-electron chi connectivity index (χ4n) is 0.988. The summed E-state index contributed by atoms with van der Waals surface area (Å²) in [5, 5.41) is 8.68. The number of rotatable bonds is 1. The molecule has 0 saturated carbocycles. The Morgan fingerprint density at radius 1 is 1.62 bits per heavy atom. The summed E-state index contributed by atoms with van der Waals surface area (Å²) in [7, 11) is 0. The fraction of sp³-hybridized carbons (Fsp3) is 0.333. The lowest BCUT2D eigenvalue weighted by atomic mass is 10.3. The van der Waals surface area contributed by atoms with Crippen LogP contribution in [0.1, 0.15) is 18.5 Å². The van der Waals surface area contributed by atoms with Gasteiger partial charge in [-0.3, -0.25) is 4.79 Å². The minimum atomic E-state index is -0.254. The van der Waals surface area contributed by atoms with Gasteiger partial charge in [0.1, 0.15) is 6.04 Å². The summed E-state index contributed by atoms with van der Waals surface area (Å²) in [6, 6.07) is 1.84. The third kappa shape index (κ3) is 1.99. The predicted octanol–water partition coefficient (Wildman–Crippen LogP) is 2.00. The molecule has 1 atom stereocenters. The zero-order valence-corrected chi connectivity index (χ0v) is 9.00. The number of hydrogen-bond acceptors (Lipinski definition) is 2. The minimum absolute atomic E-state index is 0.0265. The predicted molar refractivity (Wildman–Crippen MR) is 53.5 cm³/mol. The average molecular weight is 241 g/mol. The number of nitrogens with zero attached hydrogens (tertiary/aromatic N) is 2. The molecule has 0 N–H and O–H groups in total. The first-order valence-corrected chi connectivity index (χ1v) is 4.63. The van der Waals surface area contributed by atoms with Crippen molar-refractivity contribution in [3.8, 4) is 6.07 Å². The quantitative estimate of drug-likeness (QED) is 0.754. The molecule has 0 aliphatic rings. The average Bonchev–Trinajstić information content (AvgIpc) is 2.12. The zero-order chi connectivity index (χ0) is 10.0. The van der Waals surface area contributed by atoms with E-state index >= 15 is 0 Å². The molecule has 1 aromatic rings. The fourth-order valence-corrected chi connectivity index (χ4v) is 1.54. The highest BCUT2D eigenvalue weighted by Gasteiger charge is 2.05. The van der Waals surface area contributed by atoms with E-state index in [1.54, 1.807) is 30.8 Å². The Kier molecular flexibility index (Phi) is 2.89. The van der Waals surface area contributed by atoms with E-state index in [1.165, 1.54) is 0 Å². The maximum atomic E-state index is 11.3. The molecular formula is C9H9BrN2O. The van der Waals surface area contributed by atoms with Gasteiger partial charge in [0.25, 0.3) is 0 Å². The van der Waals surface area contributed by atoms with E-state index in [2.05, 4.69) is 22.0 Å². The summed E-state index contributed by atoms with van der Waals surface area (Å²) in [6.07, 6.45) is 3.31. The highest BCUT2D eigenvalue weighted by molar-refractivity contribution is 9.10. The summed E-state index contributed by atoms with van der Waals surface area (Å²) < 4.78 is 2.20. The highest BCUT2D eigenvalue weighted by Crippen LogP contribution is 2.09. The third-order valence-electron chi connectivity index (χ3n) is 1.81. The van der Waals surface area contributed by atoms with Gasteiger partial charge in [0.2, 0.25) is 0 Å². The van der Waals surface area contributed by atoms with Gasteiger partial charge in [0, 0.05) is 18.0 Å². The largest absolute Gasteiger partial charge is 0.337 e. The van der Waals surface area contributed by atoms with E-state index in [1.807, 2.05) is 0 Å². The monoisotopic (exact) mass is 240 g/mol. The van der Waals surface area contributed by atoms with Crippen LogP contribution < -0.4 is 5.43 Å². The van der Waals surface area contributed by atoms with Crippen molar-refractivity contribution in [3.63, 3.8) is 0 Å². The molecule has 0 aliphatic heterocycles. The van der Waals surface area contributed by atoms with Crippen LogP contribution in [0.4, 0.5) is 0 Å². The van der Waals surface area contributed by atoms with Gasteiger partial charge in [-0.15, -0.1) is 0 Å². The van der Waals surface area contributed by atoms with E-state index in [0.717, 1.165) is 0 Å². The number of aromatic nitrogens is 1. The summed E-state index contributed by atoms with van der Waals surface area (Å²) in [4.78, 5) is 11.3. The maximum absolute atomic E-state index is 11.3. The van der Waals surface area contributed by atoms with E-state index in [9.17, 15) is 4.79 Å². The maximum Gasteiger partial charge on any atom is 0.198 e. The van der Waals surface area contributed by atoms with Crippen LogP contribution in [0, 0.1) is 18.3 Å². The van der Waals surface area contributed by atoms with Gasteiger partial charge >= 0.3 is 0 Å². The van der Waals surface area contributed by atoms with Crippen LogP contribution in [0.2, 0.25) is 0 Å². The Labute approximate surface area is 84.7 Å². The van der Waals surface area contributed by atoms with E-state index in [4.69, 9.17) is 5.26 Å². The molecule has 0 bridgehead atoms. The molecule has 1 heterocycles. The molecule has 0 amide bonds. The van der Waals surface area contributed by atoms with Crippen molar-refractivity contribution in [2.75, 3.05) is 0 Å². The van der Waals surface area contributed by atoms with Crippen molar-refractivity contribution in [1.82, 2.24) is 4.57 Å². The van der Waals surface area contributed by atoms with Gasteiger partial charge in [-0.2, -0.15) is 5.26 Å². The molecular weight excluding hydrogens is 232 g/mol. The molecule has 1 aromatic heterocycles. The van der Waals surface area contributed by atoms with Gasteiger partial charge in [-0.25, -0.2) is 0 Å².